The minimum absolute atomic E-state index is 0.148. The maximum atomic E-state index is 12.5. The van der Waals surface area contributed by atoms with Crippen molar-refractivity contribution in [1.29, 1.82) is 0 Å². The number of carbonyl (C=O) groups is 2. The molecule has 1 unspecified atom stereocenters. The molecule has 5 rings (SSSR count). The largest absolute Gasteiger partial charge is 0.288 e. The molecule has 52 heavy (non-hydrogen) atoms. The lowest BCUT2D eigenvalue weighted by atomic mass is 9.95. The average molecular weight is 788 g/mol. The number of fused-ring (bicyclic) bond motifs is 4. The molecule has 0 aliphatic carbocycles. The molecule has 294 valence electrons. The molecule has 0 saturated heterocycles. The van der Waals surface area contributed by atoms with Gasteiger partial charge in [-0.3, -0.25) is 14.9 Å². The monoisotopic (exact) mass is 787 g/mol. The van der Waals surface area contributed by atoms with E-state index in [-0.39, 0.29) is 23.1 Å². The minimum atomic E-state index is -0.258. The molecule has 0 bridgehead atoms. The lowest BCUT2D eigenvalue weighted by Crippen LogP contribution is -2.21. The summed E-state index contributed by atoms with van der Waals surface area (Å²) >= 11 is 7.04. The molecule has 0 saturated carbocycles. The van der Waals surface area contributed by atoms with Crippen molar-refractivity contribution in [3.63, 3.8) is 0 Å². The van der Waals surface area contributed by atoms with Gasteiger partial charge in [0.1, 0.15) is 0 Å². The maximum Gasteiger partial charge on any atom is 0.260 e. The van der Waals surface area contributed by atoms with E-state index in [0.29, 0.717) is 11.1 Å². The third-order valence-electron chi connectivity index (χ3n) is 9.59. The smallest absolute Gasteiger partial charge is 0.260 e. The number of amides is 2. The zero-order valence-corrected chi connectivity index (χ0v) is 38.3. The van der Waals surface area contributed by atoms with Gasteiger partial charge in [0.25, 0.3) is 11.8 Å². The number of nitrogens with one attached hydrogen (secondary N) is 1. The van der Waals surface area contributed by atoms with Crippen molar-refractivity contribution in [3.8, 4) is 9.75 Å². The Kier molecular flexibility index (Phi) is 21.6. The summed E-state index contributed by atoms with van der Waals surface area (Å²) in [7, 11) is 0. The van der Waals surface area contributed by atoms with Crippen LogP contribution in [-0.4, -0.2) is 11.8 Å². The first kappa shape index (κ1) is 46.6. The van der Waals surface area contributed by atoms with Gasteiger partial charge in [-0.2, -0.15) is 0 Å². The quantitative estimate of drug-likeness (QED) is 0.0908. The summed E-state index contributed by atoms with van der Waals surface area (Å²) in [5.41, 5.74) is 1.31. The maximum absolute atomic E-state index is 12.5. The molecule has 1 N–H and O–H groups in total. The van der Waals surface area contributed by atoms with Gasteiger partial charge < -0.3 is 0 Å². The summed E-state index contributed by atoms with van der Waals surface area (Å²) in [5, 5.41) is 2.48. The van der Waals surface area contributed by atoms with Gasteiger partial charge in [-0.05, 0) is 29.4 Å². The summed E-state index contributed by atoms with van der Waals surface area (Å²) in [6.45, 7) is 26.8. The minimum Gasteiger partial charge on any atom is -0.288 e. The molecule has 2 amide bonds. The van der Waals surface area contributed by atoms with E-state index in [1.165, 1.54) is 126 Å². The van der Waals surface area contributed by atoms with Crippen LogP contribution in [0.5, 0.6) is 0 Å². The number of rotatable bonds is 16. The van der Waals surface area contributed by atoms with E-state index in [4.69, 9.17) is 0 Å². The lowest BCUT2D eigenvalue weighted by Gasteiger charge is -2.14. The van der Waals surface area contributed by atoms with Gasteiger partial charge in [0.2, 0.25) is 0 Å². The van der Waals surface area contributed by atoms with Crippen LogP contribution < -0.4 is 5.32 Å². The third kappa shape index (κ3) is 13.9. The lowest BCUT2D eigenvalue weighted by molar-refractivity contribution is 0.0879. The Morgan fingerprint density at radius 1 is 0.596 bits per heavy atom. The van der Waals surface area contributed by atoms with Crippen LogP contribution in [0.2, 0.25) is 0 Å². The van der Waals surface area contributed by atoms with Crippen molar-refractivity contribution < 1.29 is 9.59 Å². The first-order valence-electron chi connectivity index (χ1n) is 20.8. The molecule has 7 heteroatoms. The molecule has 3 nitrogen and oxygen atoms in total. The zero-order valence-electron chi connectivity index (χ0n) is 35.1. The van der Waals surface area contributed by atoms with E-state index >= 15 is 0 Å². The molecule has 4 aromatic rings. The van der Waals surface area contributed by atoms with Gasteiger partial charge in [0, 0.05) is 24.0 Å². The number of thiophene rings is 4. The standard InChI is InChI=1S/C21H19NO2S4.3C8H18/c1-8(2)15-13-14(20(24)22-19(13)23)16(28-15)9-6-10-17(26-9)18-11(25-10)7-12(27-18)21(3,4)5;1-4-6-7-8(3)5-2;2*1-3-5-7-8-6-4-2/h6-8H,1-5H3,(H,22,23,24);8H,4-7H2,1-3H3;2*3-8H2,1-2H3. The van der Waals surface area contributed by atoms with Crippen molar-refractivity contribution >= 4 is 76.0 Å². The average Bonchev–Trinajstić information content (AvgIpc) is 3.91. The van der Waals surface area contributed by atoms with Crippen molar-refractivity contribution in [1.82, 2.24) is 5.32 Å². The summed E-state index contributed by atoms with van der Waals surface area (Å²) in [5.74, 6) is 0.657. The van der Waals surface area contributed by atoms with Gasteiger partial charge in [0.15, 0.2) is 0 Å². The highest BCUT2D eigenvalue weighted by Crippen LogP contribution is 2.51. The molecule has 0 fully saturated rings. The molecule has 0 spiro atoms. The highest BCUT2D eigenvalue weighted by molar-refractivity contribution is 7.40. The Balaban J connectivity index is 0.000000320. The van der Waals surface area contributed by atoms with E-state index in [1.54, 1.807) is 22.7 Å². The molecule has 0 aromatic carbocycles. The van der Waals surface area contributed by atoms with E-state index in [1.807, 2.05) is 22.7 Å². The van der Waals surface area contributed by atoms with Crippen molar-refractivity contribution in [3.05, 3.63) is 33.0 Å². The van der Waals surface area contributed by atoms with Crippen LogP contribution in [0.15, 0.2) is 12.1 Å². The van der Waals surface area contributed by atoms with Gasteiger partial charge in [0.05, 0.1) is 25.4 Å². The molecule has 5 heterocycles. The summed E-state index contributed by atoms with van der Waals surface area (Å²) in [6, 6.07) is 4.52. The number of hydrogen-bond donors (Lipinski definition) is 1. The van der Waals surface area contributed by atoms with Crippen molar-refractivity contribution in [2.75, 3.05) is 0 Å². The SMILES string of the molecule is CC(C)c1sc(-c2cc3sc4cc(C(C)(C)C)sc4c3s2)c2c1C(=O)NC2=O.CCCCC(C)CC.CCCCCCCC.CCCCCCCC. The van der Waals surface area contributed by atoms with Gasteiger partial charge in [-0.15, -0.1) is 45.3 Å². The van der Waals surface area contributed by atoms with E-state index < -0.39 is 0 Å². The Hall–Kier alpha value is -1.54. The third-order valence-corrected chi connectivity index (χ3v) is 15.5. The van der Waals surface area contributed by atoms with Gasteiger partial charge >= 0.3 is 0 Å². The van der Waals surface area contributed by atoms with Gasteiger partial charge in [-0.1, -0.05) is 186 Å². The molecule has 4 aromatic heterocycles. The molecule has 1 atom stereocenters. The van der Waals surface area contributed by atoms with E-state index in [0.717, 1.165) is 20.5 Å². The molecule has 1 aliphatic heterocycles. The first-order valence-corrected chi connectivity index (χ1v) is 24.0. The van der Waals surface area contributed by atoms with Crippen LogP contribution in [0.1, 0.15) is 222 Å². The number of hydrogen-bond acceptors (Lipinski definition) is 6. The topological polar surface area (TPSA) is 46.2 Å². The number of carbonyl (C=O) groups excluding carboxylic acids is 2. The summed E-state index contributed by atoms with van der Waals surface area (Å²) < 4.78 is 5.25. The second-order valence-electron chi connectivity index (χ2n) is 15.9. The van der Waals surface area contributed by atoms with Crippen LogP contribution in [0.3, 0.4) is 0 Å². The second-order valence-corrected chi connectivity index (χ2v) is 20.2. The Morgan fingerprint density at radius 2 is 1.08 bits per heavy atom. The second kappa shape index (κ2) is 24.1. The fraction of sp³-hybridized carbons (Fsp3) is 0.689. The Labute approximate surface area is 334 Å². The molecular formula is C45H73NO2S4. The molecule has 1 aliphatic rings. The van der Waals surface area contributed by atoms with Crippen LogP contribution in [0.4, 0.5) is 0 Å². The molecular weight excluding hydrogens is 715 g/mol. The van der Waals surface area contributed by atoms with Gasteiger partial charge in [-0.25, -0.2) is 0 Å². The highest BCUT2D eigenvalue weighted by Gasteiger charge is 2.36. The predicted octanol–water partition coefficient (Wildman–Crippen LogP) is 17.2. The zero-order chi connectivity index (χ0) is 38.8. The number of imide groups is 1. The van der Waals surface area contributed by atoms with Crippen LogP contribution >= 0.6 is 45.3 Å². The highest BCUT2D eigenvalue weighted by atomic mass is 32.1. The fourth-order valence-electron chi connectivity index (χ4n) is 5.98. The Bertz CT molecular complexity index is 1590. The first-order chi connectivity index (χ1) is 24.8. The van der Waals surface area contributed by atoms with E-state index in [2.05, 4.69) is 101 Å². The normalized spacial score (nSPS) is 13.0. The summed E-state index contributed by atoms with van der Waals surface area (Å²) in [4.78, 5) is 29.2. The van der Waals surface area contributed by atoms with Crippen LogP contribution in [0.25, 0.3) is 28.6 Å². The van der Waals surface area contributed by atoms with Crippen molar-refractivity contribution in [2.45, 2.75) is 197 Å². The molecule has 0 radical (unpaired) electrons. The van der Waals surface area contributed by atoms with Crippen molar-refractivity contribution in [2.24, 2.45) is 5.92 Å². The summed E-state index contributed by atoms with van der Waals surface area (Å²) in [6.07, 6.45) is 22.5. The Morgan fingerprint density at radius 3 is 1.54 bits per heavy atom. The number of unbranched alkanes of at least 4 members (excludes halogenated alkanes) is 11. The fourth-order valence-corrected chi connectivity index (χ4v) is 11.5. The van der Waals surface area contributed by atoms with Crippen LogP contribution in [-0.2, 0) is 5.41 Å². The van der Waals surface area contributed by atoms with E-state index in [9.17, 15) is 9.59 Å². The van der Waals surface area contributed by atoms with Crippen LogP contribution in [0, 0.1) is 5.92 Å². The predicted molar refractivity (Wildman–Crippen MR) is 240 cm³/mol.